The Hall–Kier alpha value is -1.29. The van der Waals surface area contributed by atoms with Gasteiger partial charge in [0.25, 0.3) is 5.91 Å². The molecule has 1 aliphatic rings. The van der Waals surface area contributed by atoms with E-state index >= 15 is 0 Å². The third kappa shape index (κ3) is 1.85. The average Bonchev–Trinajstić information content (AvgIpc) is 2.60. The van der Waals surface area contributed by atoms with E-state index < -0.39 is 5.60 Å². The van der Waals surface area contributed by atoms with Crippen molar-refractivity contribution in [1.29, 1.82) is 0 Å². The number of hydrogen-bond acceptors (Lipinski definition) is 2. The molecule has 1 aromatic rings. The Morgan fingerprint density at radius 2 is 2.12 bits per heavy atom. The lowest BCUT2D eigenvalue weighted by atomic mass is 9.96. The van der Waals surface area contributed by atoms with Crippen LogP contribution >= 0.6 is 0 Å². The van der Waals surface area contributed by atoms with E-state index in [0.717, 1.165) is 0 Å². The summed E-state index contributed by atoms with van der Waals surface area (Å²) in [6, 6.07) is 3.98. The Bertz CT molecular complexity index is 399. The van der Waals surface area contributed by atoms with Gasteiger partial charge in [-0.05, 0) is 32.9 Å². The van der Waals surface area contributed by atoms with Crippen molar-refractivity contribution in [3.63, 3.8) is 0 Å². The molecule has 1 fully saturated rings. The standard InChI is InChI=1S/C12H18N2O2/c1-9(2)14-6-4-5-10(14)11(15)13-7-12(3,16)8-13/h4-6,9,16H,7-8H2,1-3H3. The maximum Gasteiger partial charge on any atom is 0.270 e. The third-order valence-electron chi connectivity index (χ3n) is 2.90. The van der Waals surface area contributed by atoms with Gasteiger partial charge in [0.05, 0.1) is 18.7 Å². The zero-order chi connectivity index (χ0) is 11.9. The molecule has 4 heteroatoms. The predicted octanol–water partition coefficient (Wildman–Crippen LogP) is 1.28. The number of likely N-dealkylation sites (tertiary alicyclic amines) is 1. The molecule has 1 N–H and O–H groups in total. The zero-order valence-corrected chi connectivity index (χ0v) is 9.97. The average molecular weight is 222 g/mol. The number of rotatable bonds is 2. The Morgan fingerprint density at radius 1 is 1.50 bits per heavy atom. The molecule has 0 spiro atoms. The molecule has 4 nitrogen and oxygen atoms in total. The van der Waals surface area contributed by atoms with Crippen molar-refractivity contribution in [2.24, 2.45) is 0 Å². The third-order valence-corrected chi connectivity index (χ3v) is 2.90. The first kappa shape index (κ1) is 11.2. The highest BCUT2D eigenvalue weighted by Gasteiger charge is 2.40. The van der Waals surface area contributed by atoms with Gasteiger partial charge in [-0.25, -0.2) is 0 Å². The van der Waals surface area contributed by atoms with Crippen molar-refractivity contribution >= 4 is 5.91 Å². The molecule has 2 heterocycles. The molecule has 1 aliphatic heterocycles. The molecule has 0 radical (unpaired) electrons. The van der Waals surface area contributed by atoms with Crippen LogP contribution in [0.3, 0.4) is 0 Å². The fraction of sp³-hybridized carbons (Fsp3) is 0.583. The van der Waals surface area contributed by atoms with Crippen LogP contribution in [0.1, 0.15) is 37.3 Å². The number of β-amino-alcohol motifs (C(OH)–C–C–N with tert-alkyl or cyclic N) is 1. The van der Waals surface area contributed by atoms with E-state index in [-0.39, 0.29) is 11.9 Å². The van der Waals surface area contributed by atoms with E-state index in [2.05, 4.69) is 0 Å². The smallest absolute Gasteiger partial charge is 0.270 e. The second-order valence-corrected chi connectivity index (χ2v) is 5.05. The summed E-state index contributed by atoms with van der Waals surface area (Å²) in [6.45, 7) is 6.69. The number of nitrogens with zero attached hydrogens (tertiary/aromatic N) is 2. The van der Waals surface area contributed by atoms with Crippen LogP contribution in [0.15, 0.2) is 18.3 Å². The van der Waals surface area contributed by atoms with E-state index in [9.17, 15) is 9.90 Å². The monoisotopic (exact) mass is 222 g/mol. The minimum absolute atomic E-state index is 0.00484. The van der Waals surface area contributed by atoms with Crippen LogP contribution < -0.4 is 0 Å². The zero-order valence-electron chi connectivity index (χ0n) is 9.97. The molecule has 2 rings (SSSR count). The summed E-state index contributed by atoms with van der Waals surface area (Å²) in [4.78, 5) is 13.8. The normalized spacial score (nSPS) is 18.7. The number of carbonyl (C=O) groups is 1. The molecular formula is C12H18N2O2. The minimum Gasteiger partial charge on any atom is -0.386 e. The van der Waals surface area contributed by atoms with Gasteiger partial charge in [0.1, 0.15) is 5.69 Å². The quantitative estimate of drug-likeness (QED) is 0.819. The summed E-state index contributed by atoms with van der Waals surface area (Å²) in [5, 5.41) is 9.61. The lowest BCUT2D eigenvalue weighted by Crippen LogP contribution is -2.61. The fourth-order valence-corrected chi connectivity index (χ4v) is 2.11. The highest BCUT2D eigenvalue weighted by atomic mass is 16.3. The summed E-state index contributed by atoms with van der Waals surface area (Å²) in [5.74, 6) is 0.00484. The summed E-state index contributed by atoms with van der Waals surface area (Å²) >= 11 is 0. The molecule has 1 amide bonds. The predicted molar refractivity (Wildman–Crippen MR) is 61.3 cm³/mol. The van der Waals surface area contributed by atoms with Gasteiger partial charge in [0.2, 0.25) is 0 Å². The van der Waals surface area contributed by atoms with Crippen LogP contribution in [0.4, 0.5) is 0 Å². The molecule has 0 aromatic carbocycles. The van der Waals surface area contributed by atoms with E-state index in [1.165, 1.54) is 0 Å². The van der Waals surface area contributed by atoms with Crippen LogP contribution in [0.5, 0.6) is 0 Å². The second kappa shape index (κ2) is 3.63. The van der Waals surface area contributed by atoms with E-state index in [1.54, 1.807) is 11.8 Å². The first-order valence-electron chi connectivity index (χ1n) is 5.59. The van der Waals surface area contributed by atoms with Gasteiger partial charge in [-0.2, -0.15) is 0 Å². The SMILES string of the molecule is CC(C)n1cccc1C(=O)N1CC(C)(O)C1. The molecular weight excluding hydrogens is 204 g/mol. The second-order valence-electron chi connectivity index (χ2n) is 5.05. The van der Waals surface area contributed by atoms with Gasteiger partial charge in [0.15, 0.2) is 0 Å². The molecule has 0 atom stereocenters. The van der Waals surface area contributed by atoms with E-state index in [0.29, 0.717) is 18.8 Å². The Balaban J connectivity index is 2.13. The molecule has 16 heavy (non-hydrogen) atoms. The first-order valence-corrected chi connectivity index (χ1v) is 5.59. The molecule has 0 saturated carbocycles. The Kier molecular flexibility index (Phi) is 2.54. The van der Waals surface area contributed by atoms with Crippen molar-refractivity contribution < 1.29 is 9.90 Å². The number of amides is 1. The van der Waals surface area contributed by atoms with Gasteiger partial charge < -0.3 is 14.6 Å². The van der Waals surface area contributed by atoms with E-state index in [4.69, 9.17) is 0 Å². The molecule has 0 aliphatic carbocycles. The van der Waals surface area contributed by atoms with Crippen molar-refractivity contribution in [2.75, 3.05) is 13.1 Å². The Labute approximate surface area is 95.5 Å². The maximum absolute atomic E-state index is 12.1. The van der Waals surface area contributed by atoms with E-state index in [1.807, 2.05) is 36.7 Å². The molecule has 1 saturated heterocycles. The van der Waals surface area contributed by atoms with Crippen LogP contribution in [0.25, 0.3) is 0 Å². The summed E-state index contributed by atoms with van der Waals surface area (Å²) in [5.41, 5.74) is -0.00392. The summed E-state index contributed by atoms with van der Waals surface area (Å²) in [6.07, 6.45) is 1.91. The molecule has 0 unspecified atom stereocenters. The fourth-order valence-electron chi connectivity index (χ4n) is 2.11. The number of carbonyl (C=O) groups excluding carboxylic acids is 1. The van der Waals surface area contributed by atoms with Gasteiger partial charge in [0, 0.05) is 12.2 Å². The van der Waals surface area contributed by atoms with Crippen molar-refractivity contribution in [3.05, 3.63) is 24.0 Å². The largest absolute Gasteiger partial charge is 0.386 e. The molecule has 0 bridgehead atoms. The number of hydrogen-bond donors (Lipinski definition) is 1. The van der Waals surface area contributed by atoms with Crippen molar-refractivity contribution in [3.8, 4) is 0 Å². The number of aliphatic hydroxyl groups is 1. The molecule has 88 valence electrons. The van der Waals surface area contributed by atoms with Gasteiger partial charge >= 0.3 is 0 Å². The lowest BCUT2D eigenvalue weighted by molar-refractivity contribution is -0.0672. The topological polar surface area (TPSA) is 45.5 Å². The summed E-state index contributed by atoms with van der Waals surface area (Å²) < 4.78 is 1.95. The summed E-state index contributed by atoms with van der Waals surface area (Å²) in [7, 11) is 0. The van der Waals surface area contributed by atoms with Crippen LogP contribution in [0.2, 0.25) is 0 Å². The van der Waals surface area contributed by atoms with Crippen molar-refractivity contribution in [1.82, 2.24) is 9.47 Å². The van der Waals surface area contributed by atoms with Crippen LogP contribution in [-0.2, 0) is 0 Å². The van der Waals surface area contributed by atoms with Gasteiger partial charge in [-0.15, -0.1) is 0 Å². The van der Waals surface area contributed by atoms with Crippen LogP contribution in [0, 0.1) is 0 Å². The minimum atomic E-state index is -0.703. The molecule has 1 aromatic heterocycles. The highest BCUT2D eigenvalue weighted by molar-refractivity contribution is 5.93. The Morgan fingerprint density at radius 3 is 2.62 bits per heavy atom. The van der Waals surface area contributed by atoms with Gasteiger partial charge in [-0.3, -0.25) is 4.79 Å². The highest BCUT2D eigenvalue weighted by Crippen LogP contribution is 2.23. The first-order chi connectivity index (χ1) is 7.41. The lowest BCUT2D eigenvalue weighted by Gasteiger charge is -2.44. The van der Waals surface area contributed by atoms with Gasteiger partial charge in [-0.1, -0.05) is 0 Å². The van der Waals surface area contributed by atoms with Crippen LogP contribution in [-0.4, -0.2) is 39.2 Å². The maximum atomic E-state index is 12.1. The van der Waals surface area contributed by atoms with Crippen molar-refractivity contribution in [2.45, 2.75) is 32.4 Å². The number of aromatic nitrogens is 1.